The lowest BCUT2D eigenvalue weighted by atomic mass is 9.91. The maximum atomic E-state index is 13.8. The third-order valence-electron chi connectivity index (χ3n) is 3.96. The number of nitrogens with zero attached hydrogens (tertiary/aromatic N) is 1. The van der Waals surface area contributed by atoms with Crippen molar-refractivity contribution in [1.82, 2.24) is 4.98 Å². The van der Waals surface area contributed by atoms with Gasteiger partial charge >= 0.3 is 0 Å². The zero-order valence-corrected chi connectivity index (χ0v) is 13.6. The Morgan fingerprint density at radius 2 is 1.65 bits per heavy atom. The monoisotopic (exact) mass is 356 g/mol. The van der Waals surface area contributed by atoms with E-state index in [1.807, 2.05) is 0 Å². The molecule has 3 rings (SSSR count). The molecule has 0 radical (unpaired) electrons. The van der Waals surface area contributed by atoms with Crippen LogP contribution < -0.4 is 5.32 Å². The quantitative estimate of drug-likeness (QED) is 0.733. The van der Waals surface area contributed by atoms with Crippen molar-refractivity contribution in [3.05, 3.63) is 95.6 Å². The van der Waals surface area contributed by atoms with Crippen LogP contribution >= 0.6 is 0 Å². The van der Waals surface area contributed by atoms with Crippen LogP contribution in [-0.2, 0) is 11.2 Å². The Kier molecular flexibility index (Phi) is 5.31. The molecule has 26 heavy (non-hydrogen) atoms. The van der Waals surface area contributed by atoms with E-state index in [4.69, 9.17) is 0 Å². The molecule has 2 aromatic carbocycles. The third-order valence-corrected chi connectivity index (χ3v) is 3.96. The highest BCUT2D eigenvalue weighted by atomic mass is 19.1. The molecule has 3 aromatic rings. The minimum atomic E-state index is -0.863. The molecule has 3 nitrogen and oxygen atoms in total. The van der Waals surface area contributed by atoms with Gasteiger partial charge in [0, 0.05) is 12.4 Å². The van der Waals surface area contributed by atoms with E-state index in [0.717, 1.165) is 17.7 Å². The fourth-order valence-corrected chi connectivity index (χ4v) is 2.64. The number of rotatable bonds is 5. The van der Waals surface area contributed by atoms with Gasteiger partial charge in [0.1, 0.15) is 23.1 Å². The van der Waals surface area contributed by atoms with Crippen LogP contribution in [0.3, 0.4) is 0 Å². The van der Waals surface area contributed by atoms with Gasteiger partial charge in [0.25, 0.3) is 0 Å². The summed E-state index contributed by atoms with van der Waals surface area (Å²) in [5.41, 5.74) is 0.797. The molecule has 0 fully saturated rings. The van der Waals surface area contributed by atoms with Gasteiger partial charge in [0.15, 0.2) is 0 Å². The molecule has 1 amide bonds. The summed E-state index contributed by atoms with van der Waals surface area (Å²) in [6.07, 6.45) is 3.46. The van der Waals surface area contributed by atoms with Gasteiger partial charge in [-0.2, -0.15) is 0 Å². The number of aromatic nitrogens is 1. The number of amides is 1. The van der Waals surface area contributed by atoms with Gasteiger partial charge in [0.2, 0.25) is 5.91 Å². The maximum Gasteiger partial charge on any atom is 0.232 e. The second-order valence-corrected chi connectivity index (χ2v) is 5.76. The Morgan fingerprint density at radius 1 is 0.962 bits per heavy atom. The number of benzene rings is 2. The first-order valence-electron chi connectivity index (χ1n) is 7.94. The lowest BCUT2D eigenvalue weighted by molar-refractivity contribution is -0.117. The average molecular weight is 356 g/mol. The first-order chi connectivity index (χ1) is 12.5. The fourth-order valence-electron chi connectivity index (χ4n) is 2.64. The van der Waals surface area contributed by atoms with Crippen molar-refractivity contribution in [2.75, 3.05) is 5.32 Å². The standard InChI is InChI=1S/C20H15F3N2O/c21-15-8-6-14(7-9-15)16(11-13-3-2-10-24-12-13)20(26)25-19-17(22)4-1-5-18(19)23/h1-10,12,16H,11H2,(H,25,26). The topological polar surface area (TPSA) is 42.0 Å². The molecule has 6 heteroatoms. The zero-order chi connectivity index (χ0) is 18.5. The van der Waals surface area contributed by atoms with Crippen LogP contribution in [0.1, 0.15) is 17.0 Å². The fraction of sp³-hybridized carbons (Fsp3) is 0.100. The summed E-state index contributed by atoms with van der Waals surface area (Å²) in [7, 11) is 0. The molecule has 132 valence electrons. The Morgan fingerprint density at radius 3 is 2.27 bits per heavy atom. The molecule has 0 saturated carbocycles. The van der Waals surface area contributed by atoms with Gasteiger partial charge in [-0.1, -0.05) is 24.3 Å². The number of anilines is 1. The first-order valence-corrected chi connectivity index (χ1v) is 7.94. The van der Waals surface area contributed by atoms with Crippen molar-refractivity contribution in [3.8, 4) is 0 Å². The van der Waals surface area contributed by atoms with Crippen LogP contribution in [0.15, 0.2) is 67.0 Å². The minimum absolute atomic E-state index is 0.251. The number of carbonyl (C=O) groups excluding carboxylic acids is 1. The largest absolute Gasteiger partial charge is 0.321 e. The van der Waals surface area contributed by atoms with Crippen LogP contribution in [0.4, 0.5) is 18.9 Å². The molecule has 1 atom stereocenters. The minimum Gasteiger partial charge on any atom is -0.321 e. The summed E-state index contributed by atoms with van der Waals surface area (Å²) in [4.78, 5) is 16.8. The van der Waals surface area contributed by atoms with E-state index in [-0.39, 0.29) is 6.42 Å². The Labute approximate surface area is 148 Å². The van der Waals surface area contributed by atoms with Crippen molar-refractivity contribution in [2.24, 2.45) is 0 Å². The molecule has 0 aliphatic heterocycles. The maximum absolute atomic E-state index is 13.8. The molecule has 1 N–H and O–H groups in total. The lowest BCUT2D eigenvalue weighted by Gasteiger charge is -2.18. The second-order valence-electron chi connectivity index (χ2n) is 5.76. The summed E-state index contributed by atoms with van der Waals surface area (Å²) < 4.78 is 40.9. The van der Waals surface area contributed by atoms with E-state index in [1.54, 1.807) is 24.5 Å². The predicted octanol–water partition coefficient (Wildman–Crippen LogP) is 4.46. The molecule has 0 bridgehead atoms. The van der Waals surface area contributed by atoms with Crippen molar-refractivity contribution in [1.29, 1.82) is 0 Å². The molecule has 0 aliphatic carbocycles. The van der Waals surface area contributed by atoms with Gasteiger partial charge in [-0.3, -0.25) is 9.78 Å². The lowest BCUT2D eigenvalue weighted by Crippen LogP contribution is -2.24. The van der Waals surface area contributed by atoms with E-state index in [0.29, 0.717) is 5.56 Å². The average Bonchev–Trinajstić information content (AvgIpc) is 2.64. The first kappa shape index (κ1) is 17.7. The summed E-state index contributed by atoms with van der Waals surface area (Å²) in [5, 5.41) is 2.31. The van der Waals surface area contributed by atoms with Crippen LogP contribution in [0.5, 0.6) is 0 Å². The van der Waals surface area contributed by atoms with Crippen LogP contribution in [0, 0.1) is 17.5 Å². The summed E-state index contributed by atoms with van der Waals surface area (Å²) in [5.74, 6) is -3.52. The number of halogens is 3. The van der Waals surface area contributed by atoms with E-state index in [2.05, 4.69) is 10.3 Å². The molecule has 1 heterocycles. The Hall–Kier alpha value is -3.15. The number of para-hydroxylation sites is 1. The van der Waals surface area contributed by atoms with Gasteiger partial charge < -0.3 is 5.32 Å². The normalized spacial score (nSPS) is 11.8. The highest BCUT2D eigenvalue weighted by Crippen LogP contribution is 2.25. The van der Waals surface area contributed by atoms with Crippen molar-refractivity contribution < 1.29 is 18.0 Å². The molecular weight excluding hydrogens is 341 g/mol. The number of nitrogens with one attached hydrogen (secondary N) is 1. The molecule has 1 unspecified atom stereocenters. The van der Waals surface area contributed by atoms with E-state index in [9.17, 15) is 18.0 Å². The molecular formula is C20H15F3N2O. The Bertz CT molecular complexity index is 878. The number of carbonyl (C=O) groups is 1. The number of hydrogen-bond acceptors (Lipinski definition) is 2. The third kappa shape index (κ3) is 4.08. The van der Waals surface area contributed by atoms with Crippen molar-refractivity contribution >= 4 is 11.6 Å². The van der Waals surface area contributed by atoms with Crippen LogP contribution in [0.2, 0.25) is 0 Å². The Balaban J connectivity index is 1.91. The van der Waals surface area contributed by atoms with Crippen molar-refractivity contribution in [3.63, 3.8) is 0 Å². The molecule has 1 aromatic heterocycles. The van der Waals surface area contributed by atoms with Gasteiger partial charge in [-0.25, -0.2) is 13.2 Å². The van der Waals surface area contributed by atoms with E-state index >= 15 is 0 Å². The molecule has 0 saturated heterocycles. The summed E-state index contributed by atoms with van der Waals surface area (Å²) in [6, 6.07) is 12.3. The van der Waals surface area contributed by atoms with E-state index in [1.165, 1.54) is 30.3 Å². The SMILES string of the molecule is O=C(Nc1c(F)cccc1F)C(Cc1cccnc1)c1ccc(F)cc1. The zero-order valence-electron chi connectivity index (χ0n) is 13.6. The smallest absolute Gasteiger partial charge is 0.232 e. The second kappa shape index (κ2) is 7.82. The number of hydrogen-bond donors (Lipinski definition) is 1. The van der Waals surface area contributed by atoms with Crippen LogP contribution in [0.25, 0.3) is 0 Å². The summed E-state index contributed by atoms with van der Waals surface area (Å²) >= 11 is 0. The van der Waals surface area contributed by atoms with Gasteiger partial charge in [0.05, 0.1) is 5.92 Å². The number of pyridine rings is 1. The molecule has 0 aliphatic rings. The van der Waals surface area contributed by atoms with Crippen molar-refractivity contribution in [2.45, 2.75) is 12.3 Å². The van der Waals surface area contributed by atoms with Crippen LogP contribution in [-0.4, -0.2) is 10.9 Å². The summed E-state index contributed by atoms with van der Waals surface area (Å²) in [6.45, 7) is 0. The van der Waals surface area contributed by atoms with Gasteiger partial charge in [-0.15, -0.1) is 0 Å². The molecule has 0 spiro atoms. The van der Waals surface area contributed by atoms with E-state index < -0.39 is 35.0 Å². The van der Waals surface area contributed by atoms with Gasteiger partial charge in [-0.05, 0) is 47.9 Å². The highest BCUT2D eigenvalue weighted by Gasteiger charge is 2.23. The highest BCUT2D eigenvalue weighted by molar-refractivity contribution is 5.96. The predicted molar refractivity (Wildman–Crippen MR) is 92.1 cm³/mol.